The van der Waals surface area contributed by atoms with Crippen LogP contribution in [-0.4, -0.2) is 48.8 Å². The van der Waals surface area contributed by atoms with Crippen molar-refractivity contribution in [2.45, 2.75) is 39.3 Å². The topological polar surface area (TPSA) is 57.1 Å². The Morgan fingerprint density at radius 1 is 1.38 bits per heavy atom. The van der Waals surface area contributed by atoms with Crippen molar-refractivity contribution >= 4 is 5.96 Å². The van der Waals surface area contributed by atoms with E-state index >= 15 is 0 Å². The van der Waals surface area contributed by atoms with Gasteiger partial charge in [0.25, 0.3) is 0 Å². The number of hydrogen-bond donors (Lipinski definition) is 2. The molecule has 1 spiro atoms. The Morgan fingerprint density at radius 3 is 2.79 bits per heavy atom. The first-order chi connectivity index (χ1) is 11.6. The first-order valence-corrected chi connectivity index (χ1v) is 9.00. The zero-order valence-corrected chi connectivity index (χ0v) is 14.8. The number of hydrogen-bond acceptors (Lipinski definition) is 3. The fourth-order valence-electron chi connectivity index (χ4n) is 3.58. The molecule has 2 unspecified atom stereocenters. The van der Waals surface area contributed by atoms with E-state index in [1.54, 1.807) is 6.92 Å². The van der Waals surface area contributed by atoms with Gasteiger partial charge >= 0.3 is 0 Å². The average Bonchev–Trinajstić information content (AvgIpc) is 3.22. The fraction of sp³-hybridized carbons (Fsp3) is 0.632. The quantitative estimate of drug-likeness (QED) is 0.657. The summed E-state index contributed by atoms with van der Waals surface area (Å²) >= 11 is 0. The van der Waals surface area contributed by atoms with E-state index in [1.807, 2.05) is 24.3 Å². The summed E-state index contributed by atoms with van der Waals surface area (Å²) in [5, 5.41) is 13.0. The zero-order valence-electron chi connectivity index (χ0n) is 14.8. The van der Waals surface area contributed by atoms with Crippen LogP contribution in [0.25, 0.3) is 0 Å². The molecule has 0 amide bonds. The second-order valence-electron chi connectivity index (χ2n) is 7.06. The van der Waals surface area contributed by atoms with Crippen molar-refractivity contribution in [3.05, 3.63) is 35.4 Å². The van der Waals surface area contributed by atoms with Crippen molar-refractivity contribution in [2.24, 2.45) is 10.4 Å². The molecular formula is C19H29N3O2. The van der Waals surface area contributed by atoms with Gasteiger partial charge in [0.05, 0.1) is 19.3 Å². The molecule has 0 bridgehead atoms. The molecule has 5 heteroatoms. The molecule has 2 fully saturated rings. The van der Waals surface area contributed by atoms with E-state index in [0.717, 1.165) is 49.9 Å². The summed E-state index contributed by atoms with van der Waals surface area (Å²) in [4.78, 5) is 7.20. The fourth-order valence-corrected chi connectivity index (χ4v) is 3.58. The van der Waals surface area contributed by atoms with Gasteiger partial charge in [-0.05, 0) is 37.8 Å². The molecule has 1 aromatic rings. The van der Waals surface area contributed by atoms with Gasteiger partial charge in [0, 0.05) is 31.7 Å². The Balaban J connectivity index is 1.65. The number of nitrogens with one attached hydrogen (secondary N) is 1. The van der Waals surface area contributed by atoms with Crippen LogP contribution in [0.3, 0.4) is 0 Å². The second-order valence-corrected chi connectivity index (χ2v) is 7.06. The number of aliphatic hydroxyl groups is 1. The maximum Gasteiger partial charge on any atom is 0.194 e. The monoisotopic (exact) mass is 331 g/mol. The predicted octanol–water partition coefficient (Wildman–Crippen LogP) is 2.32. The van der Waals surface area contributed by atoms with Crippen LogP contribution in [0.2, 0.25) is 0 Å². The van der Waals surface area contributed by atoms with Crippen LogP contribution in [0.1, 0.15) is 43.9 Å². The lowest BCUT2D eigenvalue weighted by Gasteiger charge is -2.25. The van der Waals surface area contributed by atoms with Crippen molar-refractivity contribution in [1.82, 2.24) is 10.2 Å². The summed E-state index contributed by atoms with van der Waals surface area (Å²) < 4.78 is 5.62. The highest BCUT2D eigenvalue weighted by Crippen LogP contribution is 2.38. The molecule has 3 rings (SSSR count). The van der Waals surface area contributed by atoms with Crippen LogP contribution in [-0.2, 0) is 11.3 Å². The molecule has 0 aliphatic carbocycles. The minimum atomic E-state index is -0.422. The van der Waals surface area contributed by atoms with Crippen LogP contribution in [0.15, 0.2) is 29.3 Å². The second kappa shape index (κ2) is 7.53. The maximum absolute atomic E-state index is 9.59. The number of nitrogens with zero attached hydrogens (tertiary/aromatic N) is 2. The molecule has 24 heavy (non-hydrogen) atoms. The lowest BCUT2D eigenvalue weighted by atomic mass is 9.87. The highest BCUT2D eigenvalue weighted by atomic mass is 16.5. The van der Waals surface area contributed by atoms with E-state index in [2.05, 4.69) is 17.1 Å². The van der Waals surface area contributed by atoms with E-state index in [4.69, 9.17) is 9.73 Å². The molecule has 2 heterocycles. The van der Waals surface area contributed by atoms with Gasteiger partial charge in [-0.25, -0.2) is 4.99 Å². The average molecular weight is 331 g/mol. The number of likely N-dealkylation sites (tertiary alicyclic amines) is 1. The molecule has 2 atom stereocenters. The Labute approximate surface area is 144 Å². The number of ether oxygens (including phenoxy) is 1. The first kappa shape index (κ1) is 17.2. The van der Waals surface area contributed by atoms with E-state index in [9.17, 15) is 5.11 Å². The highest BCUT2D eigenvalue weighted by Gasteiger charge is 2.42. The van der Waals surface area contributed by atoms with Gasteiger partial charge < -0.3 is 20.1 Å². The summed E-state index contributed by atoms with van der Waals surface area (Å²) in [5.74, 6) is 1.00. The molecule has 2 N–H and O–H groups in total. The SMILES string of the molecule is CCNC(=NCc1ccc(C(C)O)cc1)N1CCC2(CCOC2)C1. The minimum absolute atomic E-state index is 0.342. The van der Waals surface area contributed by atoms with E-state index in [0.29, 0.717) is 12.0 Å². The molecule has 0 radical (unpaired) electrons. The summed E-state index contributed by atoms with van der Waals surface area (Å²) in [6, 6.07) is 8.04. The van der Waals surface area contributed by atoms with Gasteiger partial charge in [-0.3, -0.25) is 0 Å². The van der Waals surface area contributed by atoms with E-state index in [-0.39, 0.29) is 0 Å². The minimum Gasteiger partial charge on any atom is -0.389 e. The lowest BCUT2D eigenvalue weighted by Crippen LogP contribution is -2.41. The van der Waals surface area contributed by atoms with E-state index in [1.165, 1.54) is 12.8 Å². The van der Waals surface area contributed by atoms with Crippen molar-refractivity contribution in [2.75, 3.05) is 32.8 Å². The number of benzene rings is 1. The van der Waals surface area contributed by atoms with Crippen LogP contribution >= 0.6 is 0 Å². The molecule has 5 nitrogen and oxygen atoms in total. The van der Waals surface area contributed by atoms with Crippen molar-refractivity contribution in [1.29, 1.82) is 0 Å². The molecule has 0 aromatic heterocycles. The van der Waals surface area contributed by atoms with Gasteiger partial charge in [0.2, 0.25) is 0 Å². The van der Waals surface area contributed by atoms with Gasteiger partial charge in [-0.2, -0.15) is 0 Å². The number of aliphatic hydroxyl groups excluding tert-OH is 1. The van der Waals surface area contributed by atoms with Crippen molar-refractivity contribution < 1.29 is 9.84 Å². The van der Waals surface area contributed by atoms with E-state index < -0.39 is 6.10 Å². The summed E-state index contributed by atoms with van der Waals surface area (Å²) in [6.45, 7) is 9.31. The summed E-state index contributed by atoms with van der Waals surface area (Å²) in [6.07, 6.45) is 1.94. The first-order valence-electron chi connectivity index (χ1n) is 9.00. The number of rotatable bonds is 4. The van der Waals surface area contributed by atoms with Gasteiger partial charge in [-0.1, -0.05) is 24.3 Å². The molecule has 0 saturated carbocycles. The standard InChI is InChI=1S/C19H29N3O2/c1-3-20-18(22-10-8-19(13-22)9-11-24-14-19)21-12-16-4-6-17(7-5-16)15(2)23/h4-7,15,23H,3,8-14H2,1-2H3,(H,20,21). The molecule has 132 valence electrons. The lowest BCUT2D eigenvalue weighted by molar-refractivity contribution is 0.156. The third-order valence-corrected chi connectivity index (χ3v) is 5.13. The molecule has 2 aliphatic heterocycles. The smallest absolute Gasteiger partial charge is 0.194 e. The molecule has 2 aliphatic rings. The highest BCUT2D eigenvalue weighted by molar-refractivity contribution is 5.80. The van der Waals surface area contributed by atoms with Crippen LogP contribution < -0.4 is 5.32 Å². The number of aliphatic imine (C=N–C) groups is 1. The largest absolute Gasteiger partial charge is 0.389 e. The Hall–Kier alpha value is -1.59. The van der Waals surface area contributed by atoms with Gasteiger partial charge in [-0.15, -0.1) is 0 Å². The van der Waals surface area contributed by atoms with Gasteiger partial charge in [0.1, 0.15) is 0 Å². The van der Waals surface area contributed by atoms with Crippen LogP contribution in [0.5, 0.6) is 0 Å². The Kier molecular flexibility index (Phi) is 5.41. The number of guanidine groups is 1. The Morgan fingerprint density at radius 2 is 2.17 bits per heavy atom. The maximum atomic E-state index is 9.59. The molecule has 1 aromatic carbocycles. The van der Waals surface area contributed by atoms with Crippen LogP contribution in [0, 0.1) is 5.41 Å². The summed E-state index contributed by atoms with van der Waals surface area (Å²) in [5.41, 5.74) is 2.44. The Bertz CT molecular complexity index is 562. The van der Waals surface area contributed by atoms with Gasteiger partial charge in [0.15, 0.2) is 5.96 Å². The predicted molar refractivity (Wildman–Crippen MR) is 96.0 cm³/mol. The zero-order chi connectivity index (χ0) is 17.0. The summed E-state index contributed by atoms with van der Waals surface area (Å²) in [7, 11) is 0. The normalized spacial score (nSPS) is 25.5. The molecule has 2 saturated heterocycles. The van der Waals surface area contributed by atoms with Crippen LogP contribution in [0.4, 0.5) is 0 Å². The molecular weight excluding hydrogens is 302 g/mol. The third kappa shape index (κ3) is 3.90. The van der Waals surface area contributed by atoms with Crippen molar-refractivity contribution in [3.63, 3.8) is 0 Å². The third-order valence-electron chi connectivity index (χ3n) is 5.13. The van der Waals surface area contributed by atoms with Crippen molar-refractivity contribution in [3.8, 4) is 0 Å².